The van der Waals surface area contributed by atoms with E-state index in [2.05, 4.69) is 0 Å². The summed E-state index contributed by atoms with van der Waals surface area (Å²) in [6.45, 7) is 7.49. The van der Waals surface area contributed by atoms with Crippen LogP contribution in [0.1, 0.15) is 32.5 Å². The fourth-order valence-electron chi connectivity index (χ4n) is 1.92. The Kier molecular flexibility index (Phi) is 6.19. The molecule has 0 aliphatic heterocycles. The first-order valence-corrected chi connectivity index (χ1v) is 8.23. The summed E-state index contributed by atoms with van der Waals surface area (Å²) >= 11 is 0. The van der Waals surface area contributed by atoms with Gasteiger partial charge in [0.15, 0.2) is 0 Å². The van der Waals surface area contributed by atoms with Crippen molar-refractivity contribution in [3.8, 4) is 0 Å². The highest BCUT2D eigenvalue weighted by Crippen LogP contribution is 2.21. The summed E-state index contributed by atoms with van der Waals surface area (Å²) in [7, 11) is -1.93. The minimum absolute atomic E-state index is 0.172. The molecule has 0 saturated heterocycles. The van der Waals surface area contributed by atoms with E-state index in [1.165, 1.54) is 4.31 Å². The first kappa shape index (κ1) is 17.2. The second-order valence-corrected chi connectivity index (χ2v) is 6.94. The molecule has 2 N–H and O–H groups in total. The molecule has 1 rings (SSSR count). The van der Waals surface area contributed by atoms with Crippen LogP contribution in [0.4, 0.5) is 0 Å². The van der Waals surface area contributed by atoms with Crippen LogP contribution in [0.25, 0.3) is 0 Å². The molecular formula is C13H25N3O3S. The van der Waals surface area contributed by atoms with Crippen LogP contribution in [0.15, 0.2) is 17.2 Å². The predicted octanol–water partition coefficient (Wildman–Crippen LogP) is 1.18. The van der Waals surface area contributed by atoms with Crippen molar-refractivity contribution < 1.29 is 13.2 Å². The normalized spacial score (nSPS) is 12.6. The first-order valence-electron chi connectivity index (χ1n) is 6.79. The van der Waals surface area contributed by atoms with E-state index in [0.29, 0.717) is 26.3 Å². The van der Waals surface area contributed by atoms with Crippen molar-refractivity contribution in [1.82, 2.24) is 8.87 Å². The molecule has 7 heteroatoms. The number of nitrogens with two attached hydrogens (primary N) is 1. The Hall–Kier alpha value is -0.890. The summed E-state index contributed by atoms with van der Waals surface area (Å²) in [6, 6.07) is 1.82. The number of sulfonamides is 1. The Morgan fingerprint density at radius 1 is 1.45 bits per heavy atom. The molecule has 0 atom stereocenters. The maximum Gasteiger partial charge on any atom is 0.244 e. The summed E-state index contributed by atoms with van der Waals surface area (Å²) in [5, 5.41) is 0. The molecule has 0 aromatic carbocycles. The van der Waals surface area contributed by atoms with Gasteiger partial charge in [-0.3, -0.25) is 0 Å². The Morgan fingerprint density at radius 2 is 2.10 bits per heavy atom. The molecule has 0 saturated carbocycles. The summed E-state index contributed by atoms with van der Waals surface area (Å²) in [6.07, 6.45) is 1.65. The highest BCUT2D eigenvalue weighted by atomic mass is 32.2. The van der Waals surface area contributed by atoms with Gasteiger partial charge in [-0.05, 0) is 26.8 Å². The molecule has 0 aliphatic rings. The minimum Gasteiger partial charge on any atom is -0.380 e. The average Bonchev–Trinajstić information content (AvgIpc) is 2.83. The monoisotopic (exact) mass is 303 g/mol. The van der Waals surface area contributed by atoms with Crippen molar-refractivity contribution in [2.75, 3.05) is 26.8 Å². The van der Waals surface area contributed by atoms with Gasteiger partial charge in [-0.25, -0.2) is 8.42 Å². The molecule has 0 amide bonds. The van der Waals surface area contributed by atoms with E-state index in [4.69, 9.17) is 10.5 Å². The van der Waals surface area contributed by atoms with Crippen molar-refractivity contribution >= 4 is 10.0 Å². The van der Waals surface area contributed by atoms with Crippen molar-refractivity contribution in [3.63, 3.8) is 0 Å². The molecule has 6 nitrogen and oxygen atoms in total. The number of likely N-dealkylation sites (N-methyl/N-ethyl adjacent to an activating group) is 1. The van der Waals surface area contributed by atoms with Gasteiger partial charge in [0.1, 0.15) is 4.90 Å². The number of aromatic nitrogens is 1. The van der Waals surface area contributed by atoms with Crippen LogP contribution in [-0.2, 0) is 21.3 Å². The van der Waals surface area contributed by atoms with Crippen LogP contribution in [0.3, 0.4) is 0 Å². The Morgan fingerprint density at radius 3 is 2.55 bits per heavy atom. The molecule has 20 heavy (non-hydrogen) atoms. The van der Waals surface area contributed by atoms with E-state index in [-0.39, 0.29) is 10.9 Å². The van der Waals surface area contributed by atoms with Crippen LogP contribution < -0.4 is 5.73 Å². The van der Waals surface area contributed by atoms with Crippen LogP contribution in [0.5, 0.6) is 0 Å². The first-order chi connectivity index (χ1) is 9.34. The van der Waals surface area contributed by atoms with Crippen LogP contribution in [0, 0.1) is 0 Å². The topological polar surface area (TPSA) is 77.6 Å². The molecule has 116 valence electrons. The molecule has 0 aliphatic carbocycles. The van der Waals surface area contributed by atoms with Gasteiger partial charge in [-0.1, -0.05) is 0 Å². The lowest BCUT2D eigenvalue weighted by Crippen LogP contribution is -2.30. The second kappa shape index (κ2) is 7.21. The van der Waals surface area contributed by atoms with Gasteiger partial charge in [-0.15, -0.1) is 0 Å². The van der Waals surface area contributed by atoms with Gasteiger partial charge < -0.3 is 15.0 Å². The Balaban J connectivity index is 2.97. The molecule has 0 radical (unpaired) electrons. The van der Waals surface area contributed by atoms with E-state index in [1.807, 2.05) is 25.3 Å². The standard InChI is InChI=1S/C13H25N3O3S/c1-5-19-7-6-15(4)20(17,18)13-8-12(9-14)16(10-13)11(2)3/h8,10-11H,5-7,9,14H2,1-4H3. The maximum atomic E-state index is 12.4. The fourth-order valence-corrected chi connectivity index (χ4v) is 3.13. The minimum atomic E-state index is -3.49. The summed E-state index contributed by atoms with van der Waals surface area (Å²) < 4.78 is 33.3. The molecule has 0 spiro atoms. The molecule has 0 fully saturated rings. The van der Waals surface area contributed by atoms with Gasteiger partial charge in [0.05, 0.1) is 6.61 Å². The largest absolute Gasteiger partial charge is 0.380 e. The number of ether oxygens (including phenoxy) is 1. The van der Waals surface area contributed by atoms with E-state index >= 15 is 0 Å². The van der Waals surface area contributed by atoms with E-state index < -0.39 is 10.0 Å². The van der Waals surface area contributed by atoms with Gasteiger partial charge in [0.25, 0.3) is 0 Å². The SMILES string of the molecule is CCOCCN(C)S(=O)(=O)c1cc(CN)n(C(C)C)c1. The quantitative estimate of drug-likeness (QED) is 0.732. The number of hydrogen-bond acceptors (Lipinski definition) is 4. The lowest BCUT2D eigenvalue weighted by molar-refractivity contribution is 0.138. The predicted molar refractivity (Wildman–Crippen MR) is 79.0 cm³/mol. The molecule has 1 aromatic rings. The fraction of sp³-hybridized carbons (Fsp3) is 0.692. The molecule has 0 bridgehead atoms. The third kappa shape index (κ3) is 3.82. The lowest BCUT2D eigenvalue weighted by Gasteiger charge is -2.16. The molecular weight excluding hydrogens is 278 g/mol. The van der Waals surface area contributed by atoms with E-state index in [1.54, 1.807) is 19.3 Å². The van der Waals surface area contributed by atoms with Gasteiger partial charge in [-0.2, -0.15) is 4.31 Å². The Labute approximate surface area is 121 Å². The zero-order chi connectivity index (χ0) is 15.3. The third-order valence-corrected chi connectivity index (χ3v) is 4.96. The summed E-state index contributed by atoms with van der Waals surface area (Å²) in [4.78, 5) is 0.283. The number of hydrogen-bond donors (Lipinski definition) is 1. The van der Waals surface area contributed by atoms with Crippen LogP contribution in [-0.4, -0.2) is 44.1 Å². The molecule has 1 aromatic heterocycles. The van der Waals surface area contributed by atoms with Crippen molar-refractivity contribution in [1.29, 1.82) is 0 Å². The second-order valence-electron chi connectivity index (χ2n) is 4.90. The van der Waals surface area contributed by atoms with Gasteiger partial charge >= 0.3 is 0 Å². The van der Waals surface area contributed by atoms with Crippen LogP contribution >= 0.6 is 0 Å². The number of nitrogens with zero attached hydrogens (tertiary/aromatic N) is 2. The molecule has 1 heterocycles. The average molecular weight is 303 g/mol. The van der Waals surface area contributed by atoms with Gasteiger partial charge in [0, 0.05) is 44.7 Å². The number of rotatable bonds is 8. The summed E-state index contributed by atoms with van der Waals surface area (Å²) in [5.41, 5.74) is 6.49. The molecule has 0 unspecified atom stereocenters. The van der Waals surface area contributed by atoms with Gasteiger partial charge in [0.2, 0.25) is 10.0 Å². The van der Waals surface area contributed by atoms with Crippen molar-refractivity contribution in [3.05, 3.63) is 18.0 Å². The lowest BCUT2D eigenvalue weighted by atomic mass is 10.3. The zero-order valence-electron chi connectivity index (χ0n) is 12.7. The maximum absolute atomic E-state index is 12.4. The smallest absolute Gasteiger partial charge is 0.244 e. The third-order valence-electron chi connectivity index (χ3n) is 3.14. The highest BCUT2D eigenvalue weighted by Gasteiger charge is 2.23. The summed E-state index contributed by atoms with van der Waals surface area (Å²) in [5.74, 6) is 0. The van der Waals surface area contributed by atoms with Crippen LogP contribution in [0.2, 0.25) is 0 Å². The van der Waals surface area contributed by atoms with E-state index in [0.717, 1.165) is 5.69 Å². The van der Waals surface area contributed by atoms with Crippen molar-refractivity contribution in [2.45, 2.75) is 38.3 Å². The Bertz CT molecular complexity index is 523. The zero-order valence-corrected chi connectivity index (χ0v) is 13.5. The van der Waals surface area contributed by atoms with Crippen molar-refractivity contribution in [2.24, 2.45) is 5.73 Å². The van der Waals surface area contributed by atoms with E-state index in [9.17, 15) is 8.42 Å². The highest BCUT2D eigenvalue weighted by molar-refractivity contribution is 7.89.